The fourth-order valence-electron chi connectivity index (χ4n) is 2.07. The largest absolute Gasteiger partial charge is 0.472 e. The molecular weight excluding hydrogens is 308 g/mol. The molecule has 0 radical (unpaired) electrons. The van der Waals surface area contributed by atoms with Gasteiger partial charge in [-0.15, -0.1) is 11.3 Å². The highest BCUT2D eigenvalue weighted by atomic mass is 32.1. The van der Waals surface area contributed by atoms with Crippen molar-refractivity contribution in [3.8, 4) is 0 Å². The first-order valence-corrected chi connectivity index (χ1v) is 7.34. The Labute approximate surface area is 129 Å². The number of thiophene rings is 1. The maximum absolute atomic E-state index is 14.1. The molecule has 0 fully saturated rings. The number of hydrogen-bond donors (Lipinski definition) is 0. The van der Waals surface area contributed by atoms with E-state index in [1.54, 1.807) is 0 Å². The lowest BCUT2D eigenvalue weighted by atomic mass is 10.2. The molecule has 3 aromatic rings. The minimum absolute atomic E-state index is 0.0287. The lowest BCUT2D eigenvalue weighted by molar-refractivity contribution is 0.0984. The summed E-state index contributed by atoms with van der Waals surface area (Å²) in [5, 5.41) is 1.87. The highest BCUT2D eigenvalue weighted by Gasteiger charge is 2.22. The second kappa shape index (κ2) is 6.11. The van der Waals surface area contributed by atoms with E-state index in [0.717, 1.165) is 17.0 Å². The van der Waals surface area contributed by atoms with E-state index < -0.39 is 17.5 Å². The number of furan rings is 1. The van der Waals surface area contributed by atoms with Crippen LogP contribution in [0.25, 0.3) is 0 Å². The van der Waals surface area contributed by atoms with Gasteiger partial charge in [0.05, 0.1) is 24.1 Å². The number of carbonyl (C=O) groups excluding carboxylic acids is 1. The summed E-state index contributed by atoms with van der Waals surface area (Å²) in [4.78, 5) is 14.7. The van der Waals surface area contributed by atoms with Gasteiger partial charge in [0, 0.05) is 10.9 Å². The molecule has 1 aromatic carbocycles. The van der Waals surface area contributed by atoms with Gasteiger partial charge in [0.1, 0.15) is 17.9 Å². The number of rotatable bonds is 4. The normalized spacial score (nSPS) is 10.6. The van der Waals surface area contributed by atoms with E-state index >= 15 is 0 Å². The molecule has 0 bridgehead atoms. The van der Waals surface area contributed by atoms with Crippen molar-refractivity contribution in [2.24, 2.45) is 0 Å². The number of halogens is 2. The summed E-state index contributed by atoms with van der Waals surface area (Å²) in [7, 11) is 0. The third-order valence-corrected chi connectivity index (χ3v) is 3.97. The molecule has 1 amide bonds. The Bertz CT molecular complexity index is 770. The highest BCUT2D eigenvalue weighted by Crippen LogP contribution is 2.25. The van der Waals surface area contributed by atoms with E-state index in [1.807, 2.05) is 17.5 Å². The topological polar surface area (TPSA) is 33.5 Å². The van der Waals surface area contributed by atoms with Crippen molar-refractivity contribution in [2.75, 3.05) is 4.90 Å². The Morgan fingerprint density at radius 3 is 2.73 bits per heavy atom. The Kier molecular flexibility index (Phi) is 4.02. The molecule has 112 valence electrons. The molecule has 2 aromatic heterocycles. The fraction of sp³-hybridized carbons (Fsp3) is 0.0625. The maximum Gasteiger partial charge on any atom is 0.261 e. The van der Waals surface area contributed by atoms with Gasteiger partial charge < -0.3 is 9.32 Å². The summed E-state index contributed by atoms with van der Waals surface area (Å²) < 4.78 is 32.1. The third kappa shape index (κ3) is 2.92. The van der Waals surface area contributed by atoms with Crippen molar-refractivity contribution in [2.45, 2.75) is 6.54 Å². The second-order valence-electron chi connectivity index (χ2n) is 4.58. The summed E-state index contributed by atoms with van der Waals surface area (Å²) in [6.07, 6.45) is 2.67. The lowest BCUT2D eigenvalue weighted by Crippen LogP contribution is -2.30. The van der Waals surface area contributed by atoms with Gasteiger partial charge in [-0.1, -0.05) is 6.07 Å². The fourth-order valence-corrected chi connectivity index (χ4v) is 2.76. The molecule has 0 aliphatic rings. The number of hydrogen-bond acceptors (Lipinski definition) is 3. The van der Waals surface area contributed by atoms with Crippen LogP contribution in [-0.4, -0.2) is 5.91 Å². The molecule has 0 aliphatic heterocycles. The van der Waals surface area contributed by atoms with Crippen LogP contribution in [-0.2, 0) is 6.54 Å². The molecule has 0 aliphatic carbocycles. The molecule has 0 unspecified atom stereocenters. The molecule has 0 N–H and O–H groups in total. The Hall–Kier alpha value is -2.47. The molecule has 6 heteroatoms. The van der Waals surface area contributed by atoms with Crippen LogP contribution in [0.1, 0.15) is 15.2 Å². The van der Waals surface area contributed by atoms with Crippen molar-refractivity contribution in [3.63, 3.8) is 0 Å². The van der Waals surface area contributed by atoms with Crippen LogP contribution in [0.5, 0.6) is 0 Å². The average molecular weight is 319 g/mol. The van der Waals surface area contributed by atoms with Crippen LogP contribution in [0, 0.1) is 11.6 Å². The summed E-state index contributed by atoms with van der Waals surface area (Å²) in [5.74, 6) is -1.88. The van der Waals surface area contributed by atoms with Crippen molar-refractivity contribution in [1.82, 2.24) is 0 Å². The first-order chi connectivity index (χ1) is 10.6. The first kappa shape index (κ1) is 14.5. The smallest absolute Gasteiger partial charge is 0.261 e. The summed E-state index contributed by atoms with van der Waals surface area (Å²) >= 11 is 1.46. The molecule has 0 spiro atoms. The van der Waals surface area contributed by atoms with Crippen molar-refractivity contribution >= 4 is 22.9 Å². The first-order valence-electron chi connectivity index (χ1n) is 6.46. The number of nitrogens with zero attached hydrogens (tertiary/aromatic N) is 1. The Morgan fingerprint density at radius 2 is 2.09 bits per heavy atom. The zero-order valence-electron chi connectivity index (χ0n) is 11.3. The van der Waals surface area contributed by atoms with E-state index in [4.69, 9.17) is 4.42 Å². The number of carbonyl (C=O) groups is 1. The summed E-state index contributed by atoms with van der Waals surface area (Å²) in [5.41, 5.74) is 0.335. The van der Waals surface area contributed by atoms with Crippen LogP contribution in [0.4, 0.5) is 14.5 Å². The third-order valence-electron chi connectivity index (χ3n) is 3.11. The molecule has 0 atom stereocenters. The van der Waals surface area contributed by atoms with Crippen LogP contribution < -0.4 is 4.90 Å². The molecule has 2 heterocycles. The standard InChI is InChI=1S/C16H11F2NO2S/c17-12-3-4-15(14(18)8-12)19(9-13-2-1-7-22-13)16(20)11-5-6-21-10-11/h1-8,10H,9H2. The second-order valence-corrected chi connectivity index (χ2v) is 5.61. The van der Waals surface area contributed by atoms with Gasteiger partial charge in [-0.25, -0.2) is 8.78 Å². The van der Waals surface area contributed by atoms with Gasteiger partial charge in [0.2, 0.25) is 0 Å². The van der Waals surface area contributed by atoms with Gasteiger partial charge in [-0.05, 0) is 29.6 Å². The van der Waals surface area contributed by atoms with Crippen molar-refractivity contribution in [3.05, 3.63) is 76.4 Å². The summed E-state index contributed by atoms with van der Waals surface area (Å²) in [6.45, 7) is 0.199. The van der Waals surface area contributed by atoms with Crippen LogP contribution in [0.3, 0.4) is 0 Å². The van der Waals surface area contributed by atoms with Crippen LogP contribution in [0.15, 0.2) is 58.7 Å². The van der Waals surface area contributed by atoms with Gasteiger partial charge in [0.25, 0.3) is 5.91 Å². The average Bonchev–Trinajstić information content (AvgIpc) is 3.18. The Morgan fingerprint density at radius 1 is 1.23 bits per heavy atom. The SMILES string of the molecule is O=C(c1ccoc1)N(Cc1cccs1)c1ccc(F)cc1F. The molecule has 3 nitrogen and oxygen atoms in total. The zero-order valence-corrected chi connectivity index (χ0v) is 12.1. The van der Waals surface area contributed by atoms with Gasteiger partial charge in [-0.3, -0.25) is 4.79 Å². The van der Waals surface area contributed by atoms with Crippen molar-refractivity contribution in [1.29, 1.82) is 0 Å². The van der Waals surface area contributed by atoms with E-state index in [2.05, 4.69) is 0 Å². The van der Waals surface area contributed by atoms with Gasteiger partial charge in [0.15, 0.2) is 0 Å². The molecule has 22 heavy (non-hydrogen) atoms. The van der Waals surface area contributed by atoms with Gasteiger partial charge in [-0.2, -0.15) is 0 Å². The zero-order chi connectivity index (χ0) is 15.5. The molecule has 0 saturated heterocycles. The van der Waals surface area contributed by atoms with E-state index in [0.29, 0.717) is 5.56 Å². The predicted molar refractivity (Wildman–Crippen MR) is 79.9 cm³/mol. The van der Waals surface area contributed by atoms with Crippen molar-refractivity contribution < 1.29 is 18.0 Å². The van der Waals surface area contributed by atoms with E-state index in [-0.39, 0.29) is 12.2 Å². The minimum atomic E-state index is -0.784. The maximum atomic E-state index is 14.1. The molecular formula is C16H11F2NO2S. The lowest BCUT2D eigenvalue weighted by Gasteiger charge is -2.22. The monoisotopic (exact) mass is 319 g/mol. The number of amides is 1. The van der Waals surface area contributed by atoms with Crippen LogP contribution in [0.2, 0.25) is 0 Å². The van der Waals surface area contributed by atoms with Crippen LogP contribution >= 0.6 is 11.3 Å². The predicted octanol–water partition coefficient (Wildman–Crippen LogP) is 4.47. The molecule has 3 rings (SSSR count). The number of anilines is 1. The Balaban J connectivity index is 2.00. The quantitative estimate of drug-likeness (QED) is 0.711. The highest BCUT2D eigenvalue weighted by molar-refractivity contribution is 7.09. The minimum Gasteiger partial charge on any atom is -0.472 e. The van der Waals surface area contributed by atoms with Gasteiger partial charge >= 0.3 is 0 Å². The number of benzene rings is 1. The molecule has 0 saturated carbocycles. The van der Waals surface area contributed by atoms with E-state index in [9.17, 15) is 13.6 Å². The summed E-state index contributed by atoms with van der Waals surface area (Å²) in [6, 6.07) is 8.35. The van der Waals surface area contributed by atoms with E-state index in [1.165, 1.54) is 40.9 Å².